The SMILES string of the molecule is O=C1CCC(N2C(=O)c3ccc(OC4CCCCC4N4CC(Oc5cccc(F)c5)C4)c4cccc2c34)C(=O)N1. The summed E-state index contributed by atoms with van der Waals surface area (Å²) >= 11 is 0. The summed E-state index contributed by atoms with van der Waals surface area (Å²) in [5.74, 6) is -0.00615. The molecule has 3 atom stereocenters. The van der Waals surface area contributed by atoms with Crippen molar-refractivity contribution in [2.24, 2.45) is 0 Å². The average Bonchev–Trinajstić information content (AvgIpc) is 3.20. The maximum absolute atomic E-state index is 13.5. The van der Waals surface area contributed by atoms with E-state index in [0.29, 0.717) is 23.4 Å². The van der Waals surface area contributed by atoms with Gasteiger partial charge < -0.3 is 9.47 Å². The van der Waals surface area contributed by atoms with Crippen LogP contribution in [0.1, 0.15) is 48.9 Å². The van der Waals surface area contributed by atoms with Gasteiger partial charge in [-0.05, 0) is 56.0 Å². The quantitative estimate of drug-likeness (QED) is 0.469. The summed E-state index contributed by atoms with van der Waals surface area (Å²) in [7, 11) is 0. The molecule has 0 spiro atoms. The third kappa shape index (κ3) is 4.29. The molecule has 0 bridgehead atoms. The van der Waals surface area contributed by atoms with Crippen LogP contribution < -0.4 is 19.7 Å². The molecule has 2 saturated heterocycles. The molecule has 7 rings (SSSR count). The number of anilines is 1. The van der Waals surface area contributed by atoms with E-state index in [1.807, 2.05) is 24.3 Å². The first-order valence-corrected chi connectivity index (χ1v) is 14.0. The van der Waals surface area contributed by atoms with Crippen molar-refractivity contribution in [1.29, 1.82) is 0 Å². The molecule has 3 aliphatic heterocycles. The zero-order valence-electron chi connectivity index (χ0n) is 22.0. The summed E-state index contributed by atoms with van der Waals surface area (Å²) in [6.45, 7) is 1.53. The zero-order valence-corrected chi connectivity index (χ0v) is 22.0. The molecule has 0 aromatic heterocycles. The van der Waals surface area contributed by atoms with Crippen LogP contribution in [-0.4, -0.2) is 60.0 Å². The predicted molar refractivity (Wildman–Crippen MR) is 146 cm³/mol. The number of likely N-dealkylation sites (tertiary alicyclic amines) is 1. The van der Waals surface area contributed by atoms with Crippen LogP contribution in [0, 0.1) is 5.82 Å². The van der Waals surface area contributed by atoms with E-state index in [1.54, 1.807) is 18.2 Å². The van der Waals surface area contributed by atoms with Crippen molar-refractivity contribution in [1.82, 2.24) is 10.2 Å². The summed E-state index contributed by atoms with van der Waals surface area (Å²) in [5.41, 5.74) is 1.22. The van der Waals surface area contributed by atoms with Gasteiger partial charge in [0.15, 0.2) is 0 Å². The molecular weight excluding hydrogens is 513 g/mol. The highest BCUT2D eigenvalue weighted by molar-refractivity contribution is 6.27. The minimum atomic E-state index is -0.718. The minimum absolute atomic E-state index is 0.00994. The minimum Gasteiger partial charge on any atom is -0.488 e. The Morgan fingerprint density at radius 1 is 0.900 bits per heavy atom. The van der Waals surface area contributed by atoms with Crippen LogP contribution in [0.5, 0.6) is 11.5 Å². The lowest BCUT2D eigenvalue weighted by Gasteiger charge is -2.47. The van der Waals surface area contributed by atoms with Crippen LogP contribution in [0.15, 0.2) is 54.6 Å². The predicted octanol–water partition coefficient (Wildman–Crippen LogP) is 4.20. The number of nitrogens with one attached hydrogen (secondary N) is 1. The van der Waals surface area contributed by atoms with Gasteiger partial charge in [-0.15, -0.1) is 0 Å². The second kappa shape index (κ2) is 9.89. The lowest BCUT2D eigenvalue weighted by molar-refractivity contribution is -0.134. The number of benzene rings is 3. The molecule has 1 aliphatic carbocycles. The van der Waals surface area contributed by atoms with Crippen molar-refractivity contribution in [3.05, 3.63) is 66.0 Å². The number of imide groups is 1. The molecule has 40 heavy (non-hydrogen) atoms. The topological polar surface area (TPSA) is 88.2 Å². The summed E-state index contributed by atoms with van der Waals surface area (Å²) in [4.78, 5) is 41.7. The largest absolute Gasteiger partial charge is 0.488 e. The zero-order chi connectivity index (χ0) is 27.4. The number of hydrogen-bond donors (Lipinski definition) is 1. The van der Waals surface area contributed by atoms with Gasteiger partial charge in [0, 0.05) is 42.4 Å². The van der Waals surface area contributed by atoms with Crippen molar-refractivity contribution in [3.8, 4) is 11.5 Å². The number of halogens is 1. The van der Waals surface area contributed by atoms with Gasteiger partial charge in [0.05, 0.1) is 11.3 Å². The van der Waals surface area contributed by atoms with E-state index in [0.717, 1.165) is 55.3 Å². The molecule has 9 heteroatoms. The molecule has 8 nitrogen and oxygen atoms in total. The van der Waals surface area contributed by atoms with E-state index in [9.17, 15) is 18.8 Å². The summed E-state index contributed by atoms with van der Waals surface area (Å²) in [5, 5.41) is 4.00. The lowest BCUT2D eigenvalue weighted by atomic mass is 9.89. The summed E-state index contributed by atoms with van der Waals surface area (Å²) in [6.07, 6.45) is 4.69. The van der Waals surface area contributed by atoms with Gasteiger partial charge >= 0.3 is 0 Å². The number of ether oxygens (including phenoxy) is 2. The number of nitrogens with zero attached hydrogens (tertiary/aromatic N) is 2. The number of carbonyl (C=O) groups is 3. The summed E-state index contributed by atoms with van der Waals surface area (Å²) in [6, 6.07) is 15.1. The van der Waals surface area contributed by atoms with Gasteiger partial charge in [0.1, 0.15) is 35.6 Å². The lowest BCUT2D eigenvalue weighted by Crippen LogP contribution is -2.62. The van der Waals surface area contributed by atoms with Crippen LogP contribution in [0.4, 0.5) is 10.1 Å². The number of amides is 3. The molecular formula is C31H30FN3O5. The monoisotopic (exact) mass is 543 g/mol. The standard InChI is InChI=1S/C31H30FN3O5/c32-18-5-3-6-19(15-18)39-20-16-34(17-20)23-8-1-2-10-27(23)40-26-13-11-22-29-21(26)7-4-9-24(29)35(31(22)38)25-12-14-28(36)33-30(25)37/h3-7,9,11,13,15,20,23,25,27H,1-2,8,10,12,14,16-17H2,(H,33,36,37). The number of rotatable bonds is 6. The van der Waals surface area contributed by atoms with E-state index in [-0.39, 0.29) is 42.3 Å². The van der Waals surface area contributed by atoms with E-state index < -0.39 is 11.9 Å². The van der Waals surface area contributed by atoms with Crippen molar-refractivity contribution in [2.75, 3.05) is 18.0 Å². The van der Waals surface area contributed by atoms with Crippen LogP contribution in [0.25, 0.3) is 10.8 Å². The molecule has 3 unspecified atom stereocenters. The summed E-state index contributed by atoms with van der Waals surface area (Å²) < 4.78 is 26.2. The number of hydrogen-bond acceptors (Lipinski definition) is 6. The third-order valence-corrected chi connectivity index (χ3v) is 8.60. The van der Waals surface area contributed by atoms with Gasteiger partial charge in [-0.3, -0.25) is 29.5 Å². The number of carbonyl (C=O) groups excluding carboxylic acids is 3. The maximum atomic E-state index is 13.5. The molecule has 3 amide bonds. The molecule has 3 fully saturated rings. The van der Waals surface area contributed by atoms with E-state index in [1.165, 1.54) is 17.0 Å². The van der Waals surface area contributed by atoms with Crippen molar-refractivity contribution >= 4 is 34.2 Å². The molecule has 3 heterocycles. The Morgan fingerprint density at radius 3 is 2.55 bits per heavy atom. The van der Waals surface area contributed by atoms with Gasteiger partial charge in [0.25, 0.3) is 5.91 Å². The molecule has 0 radical (unpaired) electrons. The third-order valence-electron chi connectivity index (χ3n) is 8.60. The number of piperidine rings is 1. The van der Waals surface area contributed by atoms with Crippen LogP contribution in [0.2, 0.25) is 0 Å². The molecule has 1 saturated carbocycles. The Labute approximate surface area is 231 Å². The Kier molecular flexibility index (Phi) is 6.19. The fraction of sp³-hybridized carbons (Fsp3) is 0.387. The molecule has 3 aromatic rings. The van der Waals surface area contributed by atoms with Crippen molar-refractivity contribution in [2.45, 2.75) is 62.8 Å². The average molecular weight is 544 g/mol. The first-order chi connectivity index (χ1) is 19.5. The molecule has 206 valence electrons. The first kappa shape index (κ1) is 25.0. The Bertz CT molecular complexity index is 1520. The maximum Gasteiger partial charge on any atom is 0.259 e. The normalized spacial score (nSPS) is 25.2. The Balaban J connectivity index is 1.10. The first-order valence-electron chi connectivity index (χ1n) is 14.0. The van der Waals surface area contributed by atoms with Gasteiger partial charge in [-0.25, -0.2) is 4.39 Å². The van der Waals surface area contributed by atoms with Crippen LogP contribution in [-0.2, 0) is 9.59 Å². The highest BCUT2D eigenvalue weighted by atomic mass is 19.1. The Morgan fingerprint density at radius 2 is 1.73 bits per heavy atom. The van der Waals surface area contributed by atoms with Gasteiger partial charge in [0.2, 0.25) is 11.8 Å². The second-order valence-electron chi connectivity index (χ2n) is 11.1. The van der Waals surface area contributed by atoms with Gasteiger partial charge in [-0.1, -0.05) is 24.6 Å². The van der Waals surface area contributed by atoms with Gasteiger partial charge in [-0.2, -0.15) is 0 Å². The van der Waals surface area contributed by atoms with Crippen molar-refractivity contribution in [3.63, 3.8) is 0 Å². The fourth-order valence-corrected chi connectivity index (χ4v) is 6.66. The van der Waals surface area contributed by atoms with E-state index >= 15 is 0 Å². The van der Waals surface area contributed by atoms with Crippen LogP contribution in [0.3, 0.4) is 0 Å². The Hall–Kier alpha value is -3.98. The highest BCUT2D eigenvalue weighted by Crippen LogP contribution is 2.44. The molecule has 4 aliphatic rings. The van der Waals surface area contributed by atoms with Crippen molar-refractivity contribution < 1.29 is 28.2 Å². The van der Waals surface area contributed by atoms with Crippen LogP contribution >= 0.6 is 0 Å². The molecule has 3 aromatic carbocycles. The second-order valence-corrected chi connectivity index (χ2v) is 11.1. The van der Waals surface area contributed by atoms with E-state index in [4.69, 9.17) is 9.47 Å². The van der Waals surface area contributed by atoms with E-state index in [2.05, 4.69) is 10.2 Å². The smallest absolute Gasteiger partial charge is 0.259 e. The fourth-order valence-electron chi connectivity index (χ4n) is 6.66. The molecule has 1 N–H and O–H groups in total. The highest BCUT2D eigenvalue weighted by Gasteiger charge is 2.42.